The van der Waals surface area contributed by atoms with Gasteiger partial charge in [0.15, 0.2) is 0 Å². The Morgan fingerprint density at radius 2 is 1.35 bits per heavy atom. The van der Waals surface area contributed by atoms with Gasteiger partial charge in [-0.15, -0.1) is 0 Å². The fourth-order valence-corrected chi connectivity index (χ4v) is 2.92. The molecule has 0 saturated heterocycles. The SMILES string of the molecule is O=C(Nc1c(Cl)cc(Cl)cc1Cl)c1ccc(Cl)cc1Cl. The number of nitrogens with one attached hydrogen (secondary N) is 1. The van der Waals surface area contributed by atoms with Crippen LogP contribution in [-0.2, 0) is 0 Å². The lowest BCUT2D eigenvalue weighted by atomic mass is 10.2. The van der Waals surface area contributed by atoms with Crippen molar-refractivity contribution in [2.45, 2.75) is 0 Å². The van der Waals surface area contributed by atoms with Crippen molar-refractivity contribution in [3.63, 3.8) is 0 Å². The first-order valence-electron chi connectivity index (χ1n) is 5.29. The molecule has 2 rings (SSSR count). The van der Waals surface area contributed by atoms with Crippen molar-refractivity contribution >= 4 is 69.6 Å². The number of hydrogen-bond donors (Lipinski definition) is 1. The van der Waals surface area contributed by atoms with Crippen molar-refractivity contribution in [3.05, 3.63) is 61.0 Å². The van der Waals surface area contributed by atoms with E-state index in [1.165, 1.54) is 24.3 Å². The molecule has 20 heavy (non-hydrogen) atoms. The molecular weight excluding hydrogens is 363 g/mol. The summed E-state index contributed by atoms with van der Waals surface area (Å²) in [5, 5.41) is 4.12. The number of benzene rings is 2. The van der Waals surface area contributed by atoms with Crippen molar-refractivity contribution in [1.82, 2.24) is 0 Å². The first kappa shape index (κ1) is 15.7. The Morgan fingerprint density at radius 1 is 0.800 bits per heavy atom. The predicted octanol–water partition coefficient (Wildman–Crippen LogP) is 6.21. The fourth-order valence-electron chi connectivity index (χ4n) is 1.52. The summed E-state index contributed by atoms with van der Waals surface area (Å²) in [5.41, 5.74) is 0.534. The van der Waals surface area contributed by atoms with Gasteiger partial charge in [0.25, 0.3) is 5.91 Å². The van der Waals surface area contributed by atoms with Crippen LogP contribution in [0.15, 0.2) is 30.3 Å². The maximum absolute atomic E-state index is 12.1. The quantitative estimate of drug-likeness (QED) is 0.670. The van der Waals surface area contributed by atoms with Crippen LogP contribution in [0.4, 0.5) is 5.69 Å². The molecule has 0 aliphatic carbocycles. The van der Waals surface area contributed by atoms with Crippen LogP contribution in [0, 0.1) is 0 Å². The molecule has 0 atom stereocenters. The molecule has 1 N–H and O–H groups in total. The average Bonchev–Trinajstić information content (AvgIpc) is 2.33. The van der Waals surface area contributed by atoms with E-state index in [0.717, 1.165) is 0 Å². The van der Waals surface area contributed by atoms with Crippen molar-refractivity contribution in [3.8, 4) is 0 Å². The van der Waals surface area contributed by atoms with Gasteiger partial charge >= 0.3 is 0 Å². The standard InChI is InChI=1S/C13H6Cl5NO/c14-6-1-2-8(9(16)3-6)13(20)19-12-10(17)4-7(15)5-11(12)18/h1-5H,(H,19,20). The fraction of sp³-hybridized carbons (Fsp3) is 0. The normalized spacial score (nSPS) is 10.4. The van der Waals surface area contributed by atoms with Crippen molar-refractivity contribution in [2.24, 2.45) is 0 Å². The highest BCUT2D eigenvalue weighted by atomic mass is 35.5. The smallest absolute Gasteiger partial charge is 0.257 e. The van der Waals surface area contributed by atoms with Gasteiger partial charge in [0.1, 0.15) is 0 Å². The molecule has 0 aliphatic heterocycles. The molecule has 2 aromatic rings. The molecule has 0 aliphatic rings. The van der Waals surface area contributed by atoms with Crippen LogP contribution in [0.2, 0.25) is 25.1 Å². The van der Waals surface area contributed by atoms with Gasteiger partial charge in [-0.05, 0) is 30.3 Å². The molecule has 2 nitrogen and oxygen atoms in total. The Kier molecular flexibility index (Phi) is 5.05. The molecule has 0 aromatic heterocycles. The van der Waals surface area contributed by atoms with Crippen LogP contribution in [-0.4, -0.2) is 5.91 Å². The summed E-state index contributed by atoms with van der Waals surface area (Å²) in [6.07, 6.45) is 0. The van der Waals surface area contributed by atoms with E-state index in [0.29, 0.717) is 10.0 Å². The molecule has 0 heterocycles. The van der Waals surface area contributed by atoms with Gasteiger partial charge in [-0.3, -0.25) is 4.79 Å². The topological polar surface area (TPSA) is 29.1 Å². The third-order valence-electron chi connectivity index (χ3n) is 2.42. The summed E-state index contributed by atoms with van der Waals surface area (Å²) in [5.74, 6) is -0.446. The van der Waals surface area contributed by atoms with Gasteiger partial charge < -0.3 is 5.32 Å². The zero-order chi connectivity index (χ0) is 14.9. The van der Waals surface area contributed by atoms with E-state index in [1.54, 1.807) is 6.07 Å². The number of anilines is 1. The molecule has 104 valence electrons. The molecule has 2 aromatic carbocycles. The van der Waals surface area contributed by atoms with Gasteiger partial charge in [0, 0.05) is 10.0 Å². The summed E-state index contributed by atoms with van der Waals surface area (Å²) < 4.78 is 0. The highest BCUT2D eigenvalue weighted by Crippen LogP contribution is 2.34. The Morgan fingerprint density at radius 3 is 1.90 bits per heavy atom. The maximum Gasteiger partial charge on any atom is 0.257 e. The summed E-state index contributed by atoms with van der Waals surface area (Å²) in [4.78, 5) is 12.1. The van der Waals surface area contributed by atoms with Gasteiger partial charge in [-0.1, -0.05) is 58.0 Å². The summed E-state index contributed by atoms with van der Waals surface area (Å²) >= 11 is 29.5. The van der Waals surface area contributed by atoms with E-state index in [1.807, 2.05) is 0 Å². The van der Waals surface area contributed by atoms with Gasteiger partial charge in [-0.25, -0.2) is 0 Å². The largest absolute Gasteiger partial charge is 0.319 e. The molecule has 0 spiro atoms. The lowest BCUT2D eigenvalue weighted by Gasteiger charge is -2.10. The molecule has 0 unspecified atom stereocenters. The van der Waals surface area contributed by atoms with Crippen LogP contribution in [0.3, 0.4) is 0 Å². The number of carbonyl (C=O) groups is 1. The van der Waals surface area contributed by atoms with E-state index < -0.39 is 5.91 Å². The zero-order valence-corrected chi connectivity index (χ0v) is 13.5. The van der Waals surface area contributed by atoms with Gasteiger partial charge in [-0.2, -0.15) is 0 Å². The predicted molar refractivity (Wildman–Crippen MR) is 85.9 cm³/mol. The minimum absolute atomic E-state index is 0.233. The van der Waals surface area contributed by atoms with E-state index in [-0.39, 0.29) is 26.3 Å². The van der Waals surface area contributed by atoms with Crippen LogP contribution >= 0.6 is 58.0 Å². The molecular formula is C13H6Cl5NO. The van der Waals surface area contributed by atoms with Crippen LogP contribution in [0.25, 0.3) is 0 Å². The second-order valence-electron chi connectivity index (χ2n) is 3.82. The number of amides is 1. The van der Waals surface area contributed by atoms with Crippen molar-refractivity contribution in [2.75, 3.05) is 5.32 Å². The Hall–Kier alpha value is -0.640. The van der Waals surface area contributed by atoms with Crippen LogP contribution in [0.5, 0.6) is 0 Å². The Bertz CT molecular complexity index is 663. The first-order chi connectivity index (χ1) is 9.38. The minimum Gasteiger partial charge on any atom is -0.319 e. The van der Waals surface area contributed by atoms with E-state index in [4.69, 9.17) is 58.0 Å². The number of halogens is 5. The van der Waals surface area contributed by atoms with E-state index >= 15 is 0 Å². The molecule has 0 fully saturated rings. The van der Waals surface area contributed by atoms with Gasteiger partial charge in [0.05, 0.1) is 26.3 Å². The lowest BCUT2D eigenvalue weighted by molar-refractivity contribution is 0.102. The zero-order valence-electron chi connectivity index (χ0n) is 9.68. The Labute approximate surface area is 140 Å². The van der Waals surface area contributed by atoms with E-state index in [2.05, 4.69) is 5.32 Å². The maximum atomic E-state index is 12.1. The molecule has 0 bridgehead atoms. The third kappa shape index (κ3) is 3.51. The second-order valence-corrected chi connectivity index (χ2v) is 5.92. The highest BCUT2D eigenvalue weighted by molar-refractivity contribution is 6.43. The molecule has 7 heteroatoms. The molecule has 0 radical (unpaired) electrons. The number of hydrogen-bond acceptors (Lipinski definition) is 1. The minimum atomic E-state index is -0.446. The number of rotatable bonds is 2. The average molecular weight is 369 g/mol. The van der Waals surface area contributed by atoms with Crippen LogP contribution < -0.4 is 5.32 Å². The number of carbonyl (C=O) groups excluding carboxylic acids is 1. The summed E-state index contributed by atoms with van der Waals surface area (Å²) in [6.45, 7) is 0. The Balaban J connectivity index is 2.33. The van der Waals surface area contributed by atoms with E-state index in [9.17, 15) is 4.79 Å². The summed E-state index contributed by atoms with van der Waals surface area (Å²) in [7, 11) is 0. The first-order valence-corrected chi connectivity index (χ1v) is 7.18. The van der Waals surface area contributed by atoms with Crippen LogP contribution in [0.1, 0.15) is 10.4 Å². The lowest BCUT2D eigenvalue weighted by Crippen LogP contribution is -2.13. The second kappa shape index (κ2) is 6.42. The van der Waals surface area contributed by atoms with Crippen molar-refractivity contribution < 1.29 is 4.79 Å². The van der Waals surface area contributed by atoms with Gasteiger partial charge in [0.2, 0.25) is 0 Å². The monoisotopic (exact) mass is 367 g/mol. The third-order valence-corrected chi connectivity index (χ3v) is 3.78. The summed E-state index contributed by atoms with van der Waals surface area (Å²) in [6, 6.07) is 7.51. The highest BCUT2D eigenvalue weighted by Gasteiger charge is 2.15. The molecule has 1 amide bonds. The molecule has 0 saturated carbocycles. The van der Waals surface area contributed by atoms with Crippen molar-refractivity contribution in [1.29, 1.82) is 0 Å².